The molecule has 1 aromatic carbocycles. The fourth-order valence-electron chi connectivity index (χ4n) is 5.04. The summed E-state index contributed by atoms with van der Waals surface area (Å²) >= 11 is 0. The number of carbonyl (C=O) groups excluding carboxylic acids is 1. The number of nitrogens with zero attached hydrogens (tertiary/aromatic N) is 4. The van der Waals surface area contributed by atoms with Crippen LogP contribution in [0.15, 0.2) is 36.7 Å². The van der Waals surface area contributed by atoms with Crippen LogP contribution in [-0.2, 0) is 11.2 Å². The van der Waals surface area contributed by atoms with E-state index >= 15 is 0 Å². The van der Waals surface area contributed by atoms with E-state index in [4.69, 9.17) is 10.1 Å². The van der Waals surface area contributed by atoms with Crippen molar-refractivity contribution in [2.45, 2.75) is 38.6 Å². The van der Waals surface area contributed by atoms with Gasteiger partial charge in [0.05, 0.1) is 29.0 Å². The first-order valence-electron chi connectivity index (χ1n) is 11.1. The number of hydrogen-bond acceptors (Lipinski definition) is 5. The van der Waals surface area contributed by atoms with Crippen LogP contribution >= 0.6 is 0 Å². The number of aryl methyl sites for hydroxylation is 1. The van der Waals surface area contributed by atoms with Crippen LogP contribution in [0.2, 0.25) is 0 Å². The van der Waals surface area contributed by atoms with Crippen LogP contribution in [0.25, 0.3) is 27.9 Å². The monoisotopic (exact) mass is 432 g/mol. The van der Waals surface area contributed by atoms with Crippen LogP contribution in [-0.4, -0.2) is 55.5 Å². The Hall–Kier alpha value is -3.39. The van der Waals surface area contributed by atoms with Crippen molar-refractivity contribution < 1.29 is 9.90 Å². The highest BCUT2D eigenvalue weighted by Gasteiger charge is 2.33. The van der Waals surface area contributed by atoms with E-state index in [1.807, 2.05) is 23.4 Å². The Morgan fingerprint density at radius 3 is 2.91 bits per heavy atom. The molecule has 5 heterocycles. The van der Waals surface area contributed by atoms with Gasteiger partial charge in [-0.2, -0.15) is 0 Å². The molecule has 1 atom stereocenters. The number of H-pyrrole nitrogens is 1. The molecule has 166 valence electrons. The number of carbonyl (C=O) groups is 1. The molecule has 1 fully saturated rings. The van der Waals surface area contributed by atoms with Crippen molar-refractivity contribution in [1.82, 2.24) is 24.3 Å². The summed E-state index contributed by atoms with van der Waals surface area (Å²) < 4.78 is 2.19. The number of hydrogen-bond donors (Lipinski definition) is 3. The normalized spacial score (nSPS) is 17.7. The van der Waals surface area contributed by atoms with Crippen molar-refractivity contribution in [2.24, 2.45) is 0 Å². The van der Waals surface area contributed by atoms with Crippen molar-refractivity contribution in [2.75, 3.05) is 25.5 Å². The molecular formula is C24H28N6O2. The molecule has 0 saturated carbocycles. The van der Waals surface area contributed by atoms with Gasteiger partial charge in [0, 0.05) is 44.6 Å². The van der Waals surface area contributed by atoms with Gasteiger partial charge in [0.2, 0.25) is 5.91 Å². The fourth-order valence-corrected chi connectivity index (χ4v) is 5.04. The molecule has 8 nitrogen and oxygen atoms in total. The Kier molecular flexibility index (Phi) is 5.30. The predicted molar refractivity (Wildman–Crippen MR) is 125 cm³/mol. The minimum absolute atomic E-state index is 0.0139. The molecule has 8 heteroatoms. The van der Waals surface area contributed by atoms with Gasteiger partial charge in [-0.1, -0.05) is 12.1 Å². The number of likely N-dealkylation sites (tertiary alicyclic amines) is 1. The highest BCUT2D eigenvalue weighted by molar-refractivity contribution is 5.85. The first-order valence-corrected chi connectivity index (χ1v) is 11.1. The number of anilines is 1. The fraction of sp³-hybridized carbons (Fsp3) is 0.375. The SMILES string of the molecule is CC(=O)N1CCCC1c1nc(-c2ccc3c(c2)NCCC3)c2cnc3[nH]ccc3n12.CO. The van der Waals surface area contributed by atoms with Gasteiger partial charge in [0.15, 0.2) is 5.65 Å². The lowest BCUT2D eigenvalue weighted by molar-refractivity contribution is -0.129. The molecule has 2 aliphatic rings. The number of aliphatic hydroxyl groups is 1. The van der Waals surface area contributed by atoms with Gasteiger partial charge in [0.1, 0.15) is 5.82 Å². The zero-order chi connectivity index (χ0) is 22.2. The smallest absolute Gasteiger partial charge is 0.220 e. The number of imidazole rings is 1. The quantitative estimate of drug-likeness (QED) is 0.450. The lowest BCUT2D eigenvalue weighted by Gasteiger charge is -2.22. The third-order valence-electron chi connectivity index (χ3n) is 6.48. The van der Waals surface area contributed by atoms with Crippen molar-refractivity contribution in [3.05, 3.63) is 48.0 Å². The number of nitrogens with one attached hydrogen (secondary N) is 2. The maximum absolute atomic E-state index is 12.3. The van der Waals surface area contributed by atoms with E-state index in [0.29, 0.717) is 0 Å². The van der Waals surface area contributed by atoms with E-state index in [1.165, 1.54) is 17.7 Å². The summed E-state index contributed by atoms with van der Waals surface area (Å²) in [6.07, 6.45) is 8.00. The van der Waals surface area contributed by atoms with Gasteiger partial charge < -0.3 is 20.3 Å². The number of aromatic nitrogens is 4. The number of rotatable bonds is 2. The second kappa shape index (κ2) is 8.27. The van der Waals surface area contributed by atoms with Gasteiger partial charge in [-0.25, -0.2) is 9.97 Å². The lowest BCUT2D eigenvalue weighted by Crippen LogP contribution is -2.29. The van der Waals surface area contributed by atoms with Gasteiger partial charge in [-0.3, -0.25) is 9.20 Å². The van der Waals surface area contributed by atoms with E-state index in [2.05, 4.69) is 37.9 Å². The van der Waals surface area contributed by atoms with Crippen molar-refractivity contribution in [3.63, 3.8) is 0 Å². The first kappa shape index (κ1) is 20.5. The lowest BCUT2D eigenvalue weighted by atomic mass is 10.00. The standard InChI is InChI=1S/C23H24N6O.CH4O/c1-14(30)28-11-3-5-19(28)23-27-21(16-7-6-15-4-2-9-24-17(15)12-16)20-13-26-22-18(29(20)23)8-10-25-22;1-2/h6-8,10,12-13,19,24-25H,2-5,9,11H2,1H3;2H,1H3. The average Bonchev–Trinajstić information content (AvgIpc) is 3.57. The Morgan fingerprint density at radius 2 is 2.06 bits per heavy atom. The van der Waals surface area contributed by atoms with E-state index in [9.17, 15) is 4.79 Å². The van der Waals surface area contributed by atoms with Gasteiger partial charge in [-0.15, -0.1) is 0 Å². The maximum Gasteiger partial charge on any atom is 0.220 e. The zero-order valence-electron chi connectivity index (χ0n) is 18.4. The molecule has 1 unspecified atom stereocenters. The Labute approximate surface area is 186 Å². The maximum atomic E-state index is 12.3. The largest absolute Gasteiger partial charge is 0.400 e. The molecule has 1 saturated heterocycles. The van der Waals surface area contributed by atoms with Crippen LogP contribution in [0.4, 0.5) is 5.69 Å². The highest BCUT2D eigenvalue weighted by atomic mass is 16.2. The zero-order valence-corrected chi connectivity index (χ0v) is 18.4. The summed E-state index contributed by atoms with van der Waals surface area (Å²) in [6, 6.07) is 8.60. The topological polar surface area (TPSA) is 98.5 Å². The van der Waals surface area contributed by atoms with Crippen LogP contribution in [0.1, 0.15) is 43.6 Å². The van der Waals surface area contributed by atoms with Crippen LogP contribution < -0.4 is 5.32 Å². The van der Waals surface area contributed by atoms with Crippen molar-refractivity contribution >= 4 is 28.3 Å². The number of aromatic amines is 1. The Bertz CT molecular complexity index is 1290. The van der Waals surface area contributed by atoms with E-state index in [1.54, 1.807) is 6.92 Å². The Balaban J connectivity index is 0.00000105. The van der Waals surface area contributed by atoms with Crippen LogP contribution in [0.3, 0.4) is 0 Å². The van der Waals surface area contributed by atoms with Gasteiger partial charge in [0.25, 0.3) is 0 Å². The molecule has 32 heavy (non-hydrogen) atoms. The molecule has 3 aromatic heterocycles. The number of benzene rings is 1. The van der Waals surface area contributed by atoms with Gasteiger partial charge >= 0.3 is 0 Å². The number of amides is 1. The predicted octanol–water partition coefficient (Wildman–Crippen LogP) is 3.53. The third kappa shape index (κ3) is 3.22. The first-order chi connectivity index (χ1) is 15.7. The summed E-state index contributed by atoms with van der Waals surface area (Å²) in [7, 11) is 1.00. The third-order valence-corrected chi connectivity index (χ3v) is 6.48. The number of fused-ring (bicyclic) bond motifs is 4. The highest BCUT2D eigenvalue weighted by Crippen LogP contribution is 2.37. The van der Waals surface area contributed by atoms with E-state index < -0.39 is 0 Å². The summed E-state index contributed by atoms with van der Waals surface area (Å²) in [5, 5.41) is 10.5. The molecule has 0 bridgehead atoms. The van der Waals surface area contributed by atoms with E-state index in [0.717, 1.165) is 73.2 Å². The van der Waals surface area contributed by atoms with Crippen molar-refractivity contribution in [1.29, 1.82) is 0 Å². The second-order valence-electron chi connectivity index (χ2n) is 8.28. The second-order valence-corrected chi connectivity index (χ2v) is 8.28. The van der Waals surface area contributed by atoms with E-state index in [-0.39, 0.29) is 11.9 Å². The molecule has 0 radical (unpaired) electrons. The molecule has 0 spiro atoms. The number of aliphatic hydroxyl groups excluding tert-OH is 1. The van der Waals surface area contributed by atoms with Crippen LogP contribution in [0, 0.1) is 0 Å². The minimum Gasteiger partial charge on any atom is -0.400 e. The molecule has 6 rings (SSSR count). The summed E-state index contributed by atoms with van der Waals surface area (Å²) in [6.45, 7) is 3.44. The summed E-state index contributed by atoms with van der Waals surface area (Å²) in [5.74, 6) is 1.03. The average molecular weight is 433 g/mol. The molecule has 4 aromatic rings. The molecule has 2 aliphatic heterocycles. The molecule has 0 aliphatic carbocycles. The van der Waals surface area contributed by atoms with Crippen LogP contribution in [0.5, 0.6) is 0 Å². The summed E-state index contributed by atoms with van der Waals surface area (Å²) in [4.78, 5) is 27.2. The van der Waals surface area contributed by atoms with Gasteiger partial charge in [-0.05, 0) is 43.4 Å². The Morgan fingerprint density at radius 1 is 1.19 bits per heavy atom. The van der Waals surface area contributed by atoms with Crippen molar-refractivity contribution in [3.8, 4) is 11.3 Å². The summed E-state index contributed by atoms with van der Waals surface area (Å²) in [5.41, 5.74) is 7.35. The molecule has 1 amide bonds. The molecular weight excluding hydrogens is 404 g/mol. The minimum atomic E-state index is -0.0139. The molecule has 3 N–H and O–H groups in total.